The molecule has 4 nitrogen and oxygen atoms in total. The van der Waals surface area contributed by atoms with E-state index in [1.165, 1.54) is 5.56 Å². The Morgan fingerprint density at radius 3 is 2.47 bits per heavy atom. The molecule has 0 fully saturated rings. The average Bonchev–Trinajstić information content (AvgIpc) is 2.80. The smallest absolute Gasteiger partial charge is 0.239 e. The molecule has 1 amide bonds. The normalized spacial score (nSPS) is 12.5. The van der Waals surface area contributed by atoms with Gasteiger partial charge in [0, 0.05) is 24.4 Å². The molecule has 0 atom stereocenters. The van der Waals surface area contributed by atoms with Gasteiger partial charge in [-0.15, -0.1) is 0 Å². The Bertz CT molecular complexity index is 366. The standard InChI is InChI=1S/C13H23N3O/c1-12(2,10-6-7-15-8-10)9-16-11(17)13(3,4)14-5/h6-8,14-15H,9H2,1-5H3,(H,16,17). The predicted octanol–water partition coefficient (Wildman–Crippen LogP) is 1.41. The first kappa shape index (κ1) is 13.8. The summed E-state index contributed by atoms with van der Waals surface area (Å²) in [6, 6.07) is 2.04. The number of nitrogens with one attached hydrogen (secondary N) is 3. The largest absolute Gasteiger partial charge is 0.367 e. The second-order valence-corrected chi connectivity index (χ2v) is 5.54. The SMILES string of the molecule is CNC(C)(C)C(=O)NCC(C)(C)c1cc[nH]c1. The minimum Gasteiger partial charge on any atom is -0.367 e. The van der Waals surface area contributed by atoms with Crippen LogP contribution in [0, 0.1) is 0 Å². The van der Waals surface area contributed by atoms with Crippen molar-refractivity contribution < 1.29 is 4.79 Å². The second-order valence-electron chi connectivity index (χ2n) is 5.54. The summed E-state index contributed by atoms with van der Waals surface area (Å²) in [6.45, 7) is 8.58. The number of carbonyl (C=O) groups excluding carboxylic acids is 1. The number of rotatable bonds is 5. The number of likely N-dealkylation sites (N-methyl/N-ethyl adjacent to an activating group) is 1. The van der Waals surface area contributed by atoms with Crippen LogP contribution >= 0.6 is 0 Å². The van der Waals surface area contributed by atoms with Crippen molar-refractivity contribution in [2.75, 3.05) is 13.6 Å². The zero-order chi connectivity index (χ0) is 13.1. The lowest BCUT2D eigenvalue weighted by molar-refractivity contribution is -0.126. The molecule has 17 heavy (non-hydrogen) atoms. The zero-order valence-electron chi connectivity index (χ0n) is 11.3. The van der Waals surface area contributed by atoms with Gasteiger partial charge in [-0.05, 0) is 32.5 Å². The van der Waals surface area contributed by atoms with Crippen LogP contribution in [-0.4, -0.2) is 30.0 Å². The summed E-state index contributed by atoms with van der Waals surface area (Å²) in [4.78, 5) is 15.0. The molecular formula is C13H23N3O. The molecule has 0 unspecified atom stereocenters. The van der Waals surface area contributed by atoms with E-state index in [1.54, 1.807) is 7.05 Å². The molecule has 1 heterocycles. The van der Waals surface area contributed by atoms with E-state index in [-0.39, 0.29) is 11.3 Å². The average molecular weight is 237 g/mol. The summed E-state index contributed by atoms with van der Waals surface area (Å²) in [5.41, 5.74) is 0.591. The van der Waals surface area contributed by atoms with E-state index >= 15 is 0 Å². The molecular weight excluding hydrogens is 214 g/mol. The minimum absolute atomic E-state index is 0.0172. The first-order valence-electron chi connectivity index (χ1n) is 5.90. The van der Waals surface area contributed by atoms with E-state index in [9.17, 15) is 4.79 Å². The van der Waals surface area contributed by atoms with Crippen LogP contribution in [0.25, 0.3) is 0 Å². The highest BCUT2D eigenvalue weighted by molar-refractivity contribution is 5.85. The van der Waals surface area contributed by atoms with E-state index < -0.39 is 5.54 Å². The molecule has 96 valence electrons. The van der Waals surface area contributed by atoms with Crippen LogP contribution in [0.5, 0.6) is 0 Å². The zero-order valence-corrected chi connectivity index (χ0v) is 11.3. The molecule has 1 aromatic rings. The topological polar surface area (TPSA) is 56.9 Å². The van der Waals surface area contributed by atoms with Gasteiger partial charge in [0.15, 0.2) is 0 Å². The lowest BCUT2D eigenvalue weighted by Gasteiger charge is -2.28. The van der Waals surface area contributed by atoms with Crippen LogP contribution in [0.3, 0.4) is 0 Å². The van der Waals surface area contributed by atoms with Crippen LogP contribution in [-0.2, 0) is 10.2 Å². The highest BCUT2D eigenvalue weighted by Crippen LogP contribution is 2.21. The Morgan fingerprint density at radius 1 is 1.35 bits per heavy atom. The van der Waals surface area contributed by atoms with Gasteiger partial charge in [-0.2, -0.15) is 0 Å². The maximum atomic E-state index is 11.9. The maximum absolute atomic E-state index is 11.9. The molecule has 4 heteroatoms. The fourth-order valence-corrected chi connectivity index (χ4v) is 1.48. The van der Waals surface area contributed by atoms with Crippen molar-refractivity contribution in [2.45, 2.75) is 38.6 Å². The van der Waals surface area contributed by atoms with Crippen LogP contribution < -0.4 is 10.6 Å². The Hall–Kier alpha value is -1.29. The number of hydrogen-bond acceptors (Lipinski definition) is 2. The Labute approximate surface area is 103 Å². The lowest BCUT2D eigenvalue weighted by atomic mass is 9.86. The van der Waals surface area contributed by atoms with Gasteiger partial charge in [0.2, 0.25) is 5.91 Å². The van der Waals surface area contributed by atoms with Gasteiger partial charge in [0.05, 0.1) is 5.54 Å². The van der Waals surface area contributed by atoms with Gasteiger partial charge in [0.1, 0.15) is 0 Å². The minimum atomic E-state index is -0.534. The van der Waals surface area contributed by atoms with Gasteiger partial charge in [0.25, 0.3) is 0 Å². The van der Waals surface area contributed by atoms with Crippen molar-refractivity contribution in [3.8, 4) is 0 Å². The quantitative estimate of drug-likeness (QED) is 0.725. The van der Waals surface area contributed by atoms with E-state index in [0.717, 1.165) is 0 Å². The summed E-state index contributed by atoms with van der Waals surface area (Å²) < 4.78 is 0. The summed E-state index contributed by atoms with van der Waals surface area (Å²) in [6.07, 6.45) is 3.87. The molecule has 1 rings (SSSR count). The van der Waals surface area contributed by atoms with Gasteiger partial charge in [-0.1, -0.05) is 13.8 Å². The van der Waals surface area contributed by atoms with E-state index in [4.69, 9.17) is 0 Å². The second kappa shape index (κ2) is 4.92. The third kappa shape index (κ3) is 3.33. The third-order valence-corrected chi connectivity index (χ3v) is 3.26. The van der Waals surface area contributed by atoms with Gasteiger partial charge < -0.3 is 15.6 Å². The molecule has 0 aliphatic rings. The van der Waals surface area contributed by atoms with Crippen molar-refractivity contribution >= 4 is 5.91 Å². The van der Waals surface area contributed by atoms with Crippen molar-refractivity contribution in [1.82, 2.24) is 15.6 Å². The monoisotopic (exact) mass is 237 g/mol. The number of hydrogen-bond donors (Lipinski definition) is 3. The van der Waals surface area contributed by atoms with Gasteiger partial charge in [-0.3, -0.25) is 4.79 Å². The number of H-pyrrole nitrogens is 1. The molecule has 0 bridgehead atoms. The Balaban J connectivity index is 2.60. The highest BCUT2D eigenvalue weighted by atomic mass is 16.2. The van der Waals surface area contributed by atoms with Gasteiger partial charge in [-0.25, -0.2) is 0 Å². The number of amides is 1. The molecule has 0 radical (unpaired) electrons. The molecule has 0 saturated heterocycles. The third-order valence-electron chi connectivity index (χ3n) is 3.26. The van der Waals surface area contributed by atoms with E-state index in [1.807, 2.05) is 32.3 Å². The van der Waals surface area contributed by atoms with Gasteiger partial charge >= 0.3 is 0 Å². The highest BCUT2D eigenvalue weighted by Gasteiger charge is 2.28. The van der Waals surface area contributed by atoms with Crippen molar-refractivity contribution in [1.29, 1.82) is 0 Å². The molecule has 0 spiro atoms. The molecule has 0 aromatic carbocycles. The predicted molar refractivity (Wildman–Crippen MR) is 70.0 cm³/mol. The summed E-state index contributed by atoms with van der Waals surface area (Å²) in [7, 11) is 1.79. The van der Waals surface area contributed by atoms with Crippen molar-refractivity contribution in [3.63, 3.8) is 0 Å². The Kier molecular flexibility index (Phi) is 3.98. The van der Waals surface area contributed by atoms with Crippen LogP contribution in [0.4, 0.5) is 0 Å². The number of aromatic nitrogens is 1. The number of carbonyl (C=O) groups is 1. The van der Waals surface area contributed by atoms with Crippen LogP contribution in [0.15, 0.2) is 18.5 Å². The molecule has 0 aliphatic heterocycles. The maximum Gasteiger partial charge on any atom is 0.239 e. The van der Waals surface area contributed by atoms with Crippen LogP contribution in [0.1, 0.15) is 33.3 Å². The summed E-state index contributed by atoms with van der Waals surface area (Å²) >= 11 is 0. The lowest BCUT2D eigenvalue weighted by Crippen LogP contribution is -2.53. The van der Waals surface area contributed by atoms with Crippen LogP contribution in [0.2, 0.25) is 0 Å². The number of aromatic amines is 1. The fourth-order valence-electron chi connectivity index (χ4n) is 1.48. The van der Waals surface area contributed by atoms with E-state index in [0.29, 0.717) is 6.54 Å². The summed E-state index contributed by atoms with van der Waals surface area (Å²) in [5.74, 6) is 0.0172. The van der Waals surface area contributed by atoms with Crippen molar-refractivity contribution in [3.05, 3.63) is 24.0 Å². The molecule has 0 saturated carbocycles. The Morgan fingerprint density at radius 2 is 2.00 bits per heavy atom. The summed E-state index contributed by atoms with van der Waals surface area (Å²) in [5, 5.41) is 5.98. The molecule has 3 N–H and O–H groups in total. The first-order valence-corrected chi connectivity index (χ1v) is 5.90. The molecule has 1 aromatic heterocycles. The van der Waals surface area contributed by atoms with Crippen molar-refractivity contribution in [2.24, 2.45) is 0 Å². The molecule has 0 aliphatic carbocycles. The fraction of sp³-hybridized carbons (Fsp3) is 0.615. The first-order chi connectivity index (χ1) is 7.79. The van der Waals surface area contributed by atoms with E-state index in [2.05, 4.69) is 29.5 Å².